The molecule has 0 amide bonds. The number of rotatable bonds is 5. The SMILES string of the molecule is Cc1ncc(CN2CCC[C@@H]2C(O)(c2ccccc2)c2ccccc2)[nH]1. The van der Waals surface area contributed by atoms with E-state index in [0.29, 0.717) is 0 Å². The minimum absolute atomic E-state index is 0.0240. The van der Waals surface area contributed by atoms with Gasteiger partial charge in [0.1, 0.15) is 11.4 Å². The van der Waals surface area contributed by atoms with Gasteiger partial charge in [0, 0.05) is 24.5 Å². The first-order valence-electron chi connectivity index (χ1n) is 9.26. The normalized spacial score (nSPS) is 18.3. The van der Waals surface area contributed by atoms with E-state index in [1.807, 2.05) is 73.8 Å². The summed E-state index contributed by atoms with van der Waals surface area (Å²) >= 11 is 0. The molecule has 0 unspecified atom stereocenters. The number of H-pyrrole nitrogens is 1. The van der Waals surface area contributed by atoms with E-state index in [0.717, 1.165) is 48.6 Å². The van der Waals surface area contributed by atoms with Gasteiger partial charge in [-0.15, -0.1) is 0 Å². The summed E-state index contributed by atoms with van der Waals surface area (Å²) in [6.45, 7) is 3.72. The Morgan fingerprint density at radius 1 is 1.08 bits per heavy atom. The van der Waals surface area contributed by atoms with Crippen molar-refractivity contribution in [3.63, 3.8) is 0 Å². The highest BCUT2D eigenvalue weighted by Crippen LogP contribution is 2.40. The van der Waals surface area contributed by atoms with Crippen molar-refractivity contribution >= 4 is 0 Å². The molecule has 4 nitrogen and oxygen atoms in total. The first-order chi connectivity index (χ1) is 12.7. The van der Waals surface area contributed by atoms with Crippen LogP contribution in [0, 0.1) is 6.92 Å². The Morgan fingerprint density at radius 3 is 2.23 bits per heavy atom. The molecule has 2 aromatic carbocycles. The van der Waals surface area contributed by atoms with Crippen molar-refractivity contribution in [3.05, 3.63) is 89.5 Å². The van der Waals surface area contributed by atoms with Crippen molar-refractivity contribution in [2.45, 2.75) is 38.0 Å². The van der Waals surface area contributed by atoms with Gasteiger partial charge in [0.25, 0.3) is 0 Å². The third-order valence-electron chi connectivity index (χ3n) is 5.40. The molecule has 0 saturated carbocycles. The van der Waals surface area contributed by atoms with Crippen molar-refractivity contribution in [1.82, 2.24) is 14.9 Å². The number of aryl methyl sites for hydroxylation is 1. The number of nitrogens with zero attached hydrogens (tertiary/aromatic N) is 2. The minimum atomic E-state index is -1.03. The Kier molecular flexibility index (Phi) is 4.62. The molecule has 3 aromatic rings. The second kappa shape index (κ2) is 7.06. The molecular weight excluding hydrogens is 322 g/mol. The van der Waals surface area contributed by atoms with Crippen LogP contribution in [-0.4, -0.2) is 32.6 Å². The number of hydrogen-bond acceptors (Lipinski definition) is 3. The second-order valence-electron chi connectivity index (χ2n) is 7.12. The number of aromatic amines is 1. The molecule has 0 spiro atoms. The molecule has 134 valence electrons. The van der Waals surface area contributed by atoms with Gasteiger partial charge in [-0.1, -0.05) is 60.7 Å². The summed E-state index contributed by atoms with van der Waals surface area (Å²) in [4.78, 5) is 10.0. The summed E-state index contributed by atoms with van der Waals surface area (Å²) in [5.41, 5.74) is 1.96. The minimum Gasteiger partial charge on any atom is -0.379 e. The lowest BCUT2D eigenvalue weighted by Gasteiger charge is -2.40. The van der Waals surface area contributed by atoms with E-state index in [4.69, 9.17) is 0 Å². The molecule has 4 rings (SSSR count). The van der Waals surface area contributed by atoms with Crippen molar-refractivity contribution < 1.29 is 5.11 Å². The number of hydrogen-bond donors (Lipinski definition) is 2. The number of imidazole rings is 1. The lowest BCUT2D eigenvalue weighted by molar-refractivity contribution is -0.00685. The largest absolute Gasteiger partial charge is 0.379 e. The highest BCUT2D eigenvalue weighted by atomic mass is 16.3. The smallest absolute Gasteiger partial charge is 0.130 e. The fourth-order valence-corrected chi connectivity index (χ4v) is 4.20. The van der Waals surface area contributed by atoms with Crippen LogP contribution < -0.4 is 0 Å². The molecule has 1 saturated heterocycles. The van der Waals surface area contributed by atoms with E-state index in [1.165, 1.54) is 0 Å². The van der Waals surface area contributed by atoms with Gasteiger partial charge in [0.15, 0.2) is 0 Å². The van der Waals surface area contributed by atoms with Crippen LogP contribution in [0.2, 0.25) is 0 Å². The fraction of sp³-hybridized carbons (Fsp3) is 0.318. The van der Waals surface area contributed by atoms with Crippen LogP contribution in [0.1, 0.15) is 35.5 Å². The van der Waals surface area contributed by atoms with Gasteiger partial charge in [-0.3, -0.25) is 4.90 Å². The maximum atomic E-state index is 12.0. The maximum absolute atomic E-state index is 12.0. The van der Waals surface area contributed by atoms with Crippen LogP contribution in [0.4, 0.5) is 0 Å². The number of aromatic nitrogens is 2. The summed E-state index contributed by atoms with van der Waals surface area (Å²) in [6, 6.07) is 20.1. The Hall–Kier alpha value is -2.43. The van der Waals surface area contributed by atoms with E-state index in [2.05, 4.69) is 14.9 Å². The first-order valence-corrected chi connectivity index (χ1v) is 9.26. The monoisotopic (exact) mass is 347 g/mol. The Bertz CT molecular complexity index is 805. The van der Waals surface area contributed by atoms with Gasteiger partial charge in [-0.05, 0) is 37.4 Å². The maximum Gasteiger partial charge on any atom is 0.130 e. The molecule has 1 aliphatic rings. The number of nitrogens with one attached hydrogen (secondary N) is 1. The first kappa shape index (κ1) is 17.0. The zero-order valence-electron chi connectivity index (χ0n) is 15.1. The second-order valence-corrected chi connectivity index (χ2v) is 7.12. The quantitative estimate of drug-likeness (QED) is 0.741. The van der Waals surface area contributed by atoms with Crippen LogP contribution in [0.3, 0.4) is 0 Å². The standard InChI is InChI=1S/C22H25N3O/c1-17-23-15-20(24-17)16-25-14-8-13-21(25)22(26,18-9-4-2-5-10-18)19-11-6-3-7-12-19/h2-7,9-12,15,21,26H,8,13-14,16H2,1H3,(H,23,24)/t21-/m1/s1. The van der Waals surface area contributed by atoms with E-state index in [9.17, 15) is 5.11 Å². The predicted molar refractivity (Wildman–Crippen MR) is 103 cm³/mol. The summed E-state index contributed by atoms with van der Waals surface area (Å²) in [6.07, 6.45) is 3.95. The third kappa shape index (κ3) is 3.06. The van der Waals surface area contributed by atoms with Gasteiger partial charge >= 0.3 is 0 Å². The molecule has 4 heteroatoms. The van der Waals surface area contributed by atoms with E-state index < -0.39 is 5.60 Å². The lowest BCUT2D eigenvalue weighted by Crippen LogP contribution is -2.48. The molecule has 2 N–H and O–H groups in total. The summed E-state index contributed by atoms with van der Waals surface area (Å²) in [7, 11) is 0. The average Bonchev–Trinajstić information content (AvgIpc) is 3.32. The van der Waals surface area contributed by atoms with Crippen LogP contribution in [-0.2, 0) is 12.1 Å². The van der Waals surface area contributed by atoms with Crippen LogP contribution in [0.5, 0.6) is 0 Å². The van der Waals surface area contributed by atoms with Gasteiger partial charge in [-0.2, -0.15) is 0 Å². The molecule has 1 aliphatic heterocycles. The third-order valence-corrected chi connectivity index (χ3v) is 5.40. The van der Waals surface area contributed by atoms with E-state index in [-0.39, 0.29) is 6.04 Å². The van der Waals surface area contributed by atoms with Crippen LogP contribution in [0.15, 0.2) is 66.9 Å². The van der Waals surface area contributed by atoms with Crippen LogP contribution in [0.25, 0.3) is 0 Å². The number of likely N-dealkylation sites (tertiary alicyclic amines) is 1. The van der Waals surface area contributed by atoms with E-state index in [1.54, 1.807) is 0 Å². The van der Waals surface area contributed by atoms with Crippen molar-refractivity contribution in [2.24, 2.45) is 0 Å². The molecule has 1 fully saturated rings. The molecule has 0 bridgehead atoms. The molecule has 1 atom stereocenters. The lowest BCUT2D eigenvalue weighted by atomic mass is 9.79. The Balaban J connectivity index is 1.73. The highest BCUT2D eigenvalue weighted by Gasteiger charge is 2.45. The van der Waals surface area contributed by atoms with Gasteiger partial charge in [0.05, 0.1) is 0 Å². The van der Waals surface area contributed by atoms with Crippen molar-refractivity contribution in [1.29, 1.82) is 0 Å². The molecular formula is C22H25N3O. The average molecular weight is 347 g/mol. The summed E-state index contributed by atoms with van der Waals surface area (Å²) < 4.78 is 0. The molecule has 0 aliphatic carbocycles. The van der Waals surface area contributed by atoms with Gasteiger partial charge in [-0.25, -0.2) is 4.98 Å². The number of aliphatic hydroxyl groups is 1. The summed E-state index contributed by atoms with van der Waals surface area (Å²) in [5.74, 6) is 0.928. The van der Waals surface area contributed by atoms with Crippen molar-refractivity contribution in [3.8, 4) is 0 Å². The molecule has 1 aromatic heterocycles. The topological polar surface area (TPSA) is 52.1 Å². The fourth-order valence-electron chi connectivity index (χ4n) is 4.20. The van der Waals surface area contributed by atoms with E-state index >= 15 is 0 Å². The predicted octanol–water partition coefficient (Wildman–Crippen LogP) is 3.62. The van der Waals surface area contributed by atoms with Crippen molar-refractivity contribution in [2.75, 3.05) is 6.54 Å². The molecule has 2 heterocycles. The number of benzene rings is 2. The van der Waals surface area contributed by atoms with Gasteiger partial charge in [0.2, 0.25) is 0 Å². The zero-order valence-corrected chi connectivity index (χ0v) is 15.1. The Morgan fingerprint density at radius 2 is 1.69 bits per heavy atom. The van der Waals surface area contributed by atoms with Gasteiger partial charge < -0.3 is 10.1 Å². The summed E-state index contributed by atoms with van der Waals surface area (Å²) in [5, 5.41) is 12.0. The Labute approximate surface area is 154 Å². The zero-order chi connectivity index (χ0) is 18.0. The molecule has 26 heavy (non-hydrogen) atoms. The van der Waals surface area contributed by atoms with Crippen LogP contribution >= 0.6 is 0 Å². The highest BCUT2D eigenvalue weighted by molar-refractivity contribution is 5.38. The molecule has 0 radical (unpaired) electrons.